The van der Waals surface area contributed by atoms with E-state index in [1.54, 1.807) is 12.1 Å². The van der Waals surface area contributed by atoms with Crippen molar-refractivity contribution in [3.63, 3.8) is 0 Å². The number of nitrogens with zero attached hydrogens (tertiary/aromatic N) is 2. The fourth-order valence-corrected chi connectivity index (χ4v) is 2.59. The SMILES string of the molecule is CCn1nc(C)c(Br)c1CC(=O)Cc1cccc(F)c1. The van der Waals surface area contributed by atoms with Crippen LogP contribution in [0.1, 0.15) is 23.9 Å². The van der Waals surface area contributed by atoms with Crippen LogP contribution in [-0.4, -0.2) is 15.6 Å². The molecule has 0 fully saturated rings. The maximum Gasteiger partial charge on any atom is 0.143 e. The van der Waals surface area contributed by atoms with Gasteiger partial charge in [0.2, 0.25) is 0 Å². The number of aryl methyl sites for hydroxylation is 2. The highest BCUT2D eigenvalue weighted by atomic mass is 79.9. The highest BCUT2D eigenvalue weighted by Crippen LogP contribution is 2.22. The Morgan fingerprint density at radius 3 is 2.80 bits per heavy atom. The summed E-state index contributed by atoms with van der Waals surface area (Å²) >= 11 is 3.47. The van der Waals surface area contributed by atoms with Gasteiger partial charge in [0.25, 0.3) is 0 Å². The third kappa shape index (κ3) is 3.33. The van der Waals surface area contributed by atoms with Gasteiger partial charge >= 0.3 is 0 Å². The molecule has 2 rings (SSSR count). The van der Waals surface area contributed by atoms with Gasteiger partial charge in [-0.05, 0) is 47.5 Å². The molecule has 0 radical (unpaired) electrons. The quantitative estimate of drug-likeness (QED) is 0.836. The molecule has 0 bridgehead atoms. The monoisotopic (exact) mass is 338 g/mol. The van der Waals surface area contributed by atoms with Crippen LogP contribution < -0.4 is 0 Å². The van der Waals surface area contributed by atoms with E-state index in [2.05, 4.69) is 21.0 Å². The van der Waals surface area contributed by atoms with Crippen LogP contribution in [0.3, 0.4) is 0 Å². The molecule has 3 nitrogen and oxygen atoms in total. The first-order valence-corrected chi connectivity index (χ1v) is 7.28. The third-order valence-electron chi connectivity index (χ3n) is 3.11. The Hall–Kier alpha value is -1.49. The predicted octanol–water partition coefficient (Wildman–Crippen LogP) is 3.47. The number of aromatic nitrogens is 2. The number of hydrogen-bond acceptors (Lipinski definition) is 2. The van der Waals surface area contributed by atoms with E-state index in [1.165, 1.54) is 12.1 Å². The van der Waals surface area contributed by atoms with Crippen molar-refractivity contribution in [1.82, 2.24) is 9.78 Å². The van der Waals surface area contributed by atoms with Crippen LogP contribution in [0.2, 0.25) is 0 Å². The summed E-state index contributed by atoms with van der Waals surface area (Å²) in [5.74, 6) is -0.267. The van der Waals surface area contributed by atoms with Crippen LogP contribution >= 0.6 is 15.9 Å². The highest BCUT2D eigenvalue weighted by Gasteiger charge is 2.15. The van der Waals surface area contributed by atoms with E-state index in [0.29, 0.717) is 12.0 Å². The molecule has 0 N–H and O–H groups in total. The van der Waals surface area contributed by atoms with E-state index in [1.807, 2.05) is 18.5 Å². The Kier molecular flexibility index (Phi) is 4.70. The number of ketones is 1. The molecular formula is C15H16BrFN2O. The normalized spacial score (nSPS) is 10.8. The summed E-state index contributed by atoms with van der Waals surface area (Å²) in [7, 11) is 0. The van der Waals surface area contributed by atoms with E-state index in [9.17, 15) is 9.18 Å². The van der Waals surface area contributed by atoms with Gasteiger partial charge in [0.15, 0.2) is 0 Å². The van der Waals surface area contributed by atoms with Gasteiger partial charge in [0, 0.05) is 19.4 Å². The summed E-state index contributed by atoms with van der Waals surface area (Å²) in [6.45, 7) is 4.60. The number of carbonyl (C=O) groups excluding carboxylic acids is 1. The number of Topliss-reactive ketones (excluding diaryl/α,β-unsaturated/α-hetero) is 1. The molecule has 106 valence electrons. The van der Waals surface area contributed by atoms with Crippen molar-refractivity contribution in [3.05, 3.63) is 51.5 Å². The summed E-state index contributed by atoms with van der Waals surface area (Å²) in [5.41, 5.74) is 2.46. The molecular weight excluding hydrogens is 323 g/mol. The van der Waals surface area contributed by atoms with Crippen molar-refractivity contribution in [3.8, 4) is 0 Å². The second-order valence-corrected chi connectivity index (χ2v) is 5.48. The summed E-state index contributed by atoms with van der Waals surface area (Å²) in [6.07, 6.45) is 0.532. The van der Waals surface area contributed by atoms with E-state index >= 15 is 0 Å². The van der Waals surface area contributed by atoms with Crippen molar-refractivity contribution in [1.29, 1.82) is 0 Å². The van der Waals surface area contributed by atoms with Crippen molar-refractivity contribution in [2.24, 2.45) is 0 Å². The second kappa shape index (κ2) is 6.31. The van der Waals surface area contributed by atoms with Gasteiger partial charge in [-0.15, -0.1) is 0 Å². The minimum absolute atomic E-state index is 0.0471. The summed E-state index contributed by atoms with van der Waals surface area (Å²) in [5, 5.41) is 4.36. The van der Waals surface area contributed by atoms with E-state index in [4.69, 9.17) is 0 Å². The van der Waals surface area contributed by atoms with E-state index in [-0.39, 0.29) is 18.0 Å². The lowest BCUT2D eigenvalue weighted by atomic mass is 10.1. The molecule has 1 aromatic carbocycles. The standard InChI is InChI=1S/C15H16BrFN2O/c1-3-19-14(15(16)10(2)18-19)9-13(20)8-11-5-4-6-12(17)7-11/h4-7H,3,8-9H2,1-2H3. The zero-order chi connectivity index (χ0) is 14.7. The maximum absolute atomic E-state index is 13.1. The molecule has 0 atom stereocenters. The number of carbonyl (C=O) groups is 1. The van der Waals surface area contributed by atoms with E-state index in [0.717, 1.165) is 22.4 Å². The van der Waals surface area contributed by atoms with Gasteiger partial charge < -0.3 is 0 Å². The Morgan fingerprint density at radius 1 is 1.40 bits per heavy atom. The largest absolute Gasteiger partial charge is 0.299 e. The molecule has 20 heavy (non-hydrogen) atoms. The number of benzene rings is 1. The summed E-state index contributed by atoms with van der Waals surface area (Å²) in [6, 6.07) is 6.15. The lowest BCUT2D eigenvalue weighted by Gasteiger charge is -2.05. The average Bonchev–Trinajstić information content (AvgIpc) is 2.66. The van der Waals surface area contributed by atoms with Crippen LogP contribution in [0.4, 0.5) is 4.39 Å². The number of rotatable bonds is 5. The van der Waals surface area contributed by atoms with Gasteiger partial charge in [-0.25, -0.2) is 4.39 Å². The first-order valence-electron chi connectivity index (χ1n) is 6.49. The van der Waals surface area contributed by atoms with Crippen LogP contribution in [0.25, 0.3) is 0 Å². The molecule has 0 unspecified atom stereocenters. The summed E-state index contributed by atoms with van der Waals surface area (Å²) < 4.78 is 15.8. The fraction of sp³-hybridized carbons (Fsp3) is 0.333. The predicted molar refractivity (Wildman–Crippen MR) is 79.2 cm³/mol. The van der Waals surface area contributed by atoms with Crippen LogP contribution in [0.15, 0.2) is 28.7 Å². The second-order valence-electron chi connectivity index (χ2n) is 4.68. The smallest absolute Gasteiger partial charge is 0.143 e. The molecule has 1 heterocycles. The Morgan fingerprint density at radius 2 is 2.15 bits per heavy atom. The van der Waals surface area contributed by atoms with Crippen molar-refractivity contribution >= 4 is 21.7 Å². The van der Waals surface area contributed by atoms with Crippen LogP contribution in [0, 0.1) is 12.7 Å². The Bertz CT molecular complexity index is 637. The molecule has 0 saturated heterocycles. The molecule has 0 saturated carbocycles. The van der Waals surface area contributed by atoms with Crippen molar-refractivity contribution in [2.45, 2.75) is 33.2 Å². The number of hydrogen-bond donors (Lipinski definition) is 0. The molecule has 0 spiro atoms. The van der Waals surface area contributed by atoms with Crippen molar-refractivity contribution in [2.75, 3.05) is 0 Å². The topological polar surface area (TPSA) is 34.9 Å². The summed E-state index contributed by atoms with van der Waals surface area (Å²) in [4.78, 5) is 12.1. The Labute approximate surface area is 125 Å². The third-order valence-corrected chi connectivity index (χ3v) is 4.14. The fourth-order valence-electron chi connectivity index (χ4n) is 2.16. The van der Waals surface area contributed by atoms with Gasteiger partial charge in [-0.2, -0.15) is 5.10 Å². The van der Waals surface area contributed by atoms with Crippen LogP contribution in [-0.2, 0) is 24.2 Å². The van der Waals surface area contributed by atoms with Gasteiger partial charge in [-0.3, -0.25) is 9.48 Å². The number of halogens is 2. The van der Waals surface area contributed by atoms with Crippen LogP contribution in [0.5, 0.6) is 0 Å². The maximum atomic E-state index is 13.1. The van der Waals surface area contributed by atoms with E-state index < -0.39 is 0 Å². The molecule has 5 heteroatoms. The van der Waals surface area contributed by atoms with Gasteiger partial charge in [0.1, 0.15) is 11.6 Å². The highest BCUT2D eigenvalue weighted by molar-refractivity contribution is 9.10. The molecule has 1 aromatic heterocycles. The molecule has 0 aliphatic carbocycles. The van der Waals surface area contributed by atoms with Crippen molar-refractivity contribution < 1.29 is 9.18 Å². The molecule has 2 aromatic rings. The zero-order valence-electron chi connectivity index (χ0n) is 11.5. The lowest BCUT2D eigenvalue weighted by Crippen LogP contribution is -2.12. The first kappa shape index (κ1) is 14.9. The van der Waals surface area contributed by atoms with Gasteiger partial charge in [0.05, 0.1) is 15.9 Å². The molecule has 0 aliphatic rings. The zero-order valence-corrected chi connectivity index (χ0v) is 13.1. The molecule has 0 aliphatic heterocycles. The first-order chi connectivity index (χ1) is 9.51. The van der Waals surface area contributed by atoms with Gasteiger partial charge in [-0.1, -0.05) is 12.1 Å². The minimum Gasteiger partial charge on any atom is -0.299 e. The average molecular weight is 339 g/mol. The lowest BCUT2D eigenvalue weighted by molar-refractivity contribution is -0.117. The minimum atomic E-state index is -0.314. The molecule has 0 amide bonds. The Balaban J connectivity index is 2.12.